The van der Waals surface area contributed by atoms with Gasteiger partial charge in [0.2, 0.25) is 0 Å². The van der Waals surface area contributed by atoms with Gasteiger partial charge in [-0.05, 0) is 81.2 Å². The van der Waals surface area contributed by atoms with E-state index in [0.29, 0.717) is 5.69 Å². The molecule has 1 aliphatic heterocycles. The number of anilines is 3. The van der Waals surface area contributed by atoms with Gasteiger partial charge >= 0.3 is 0 Å². The molecule has 0 bridgehead atoms. The third kappa shape index (κ3) is 3.32. The van der Waals surface area contributed by atoms with E-state index in [1.807, 2.05) is 18.2 Å². The number of hydrogen-bond donors (Lipinski definition) is 0. The van der Waals surface area contributed by atoms with E-state index < -0.39 is 5.41 Å². The number of para-hydroxylation sites is 3. The Morgan fingerprint density at radius 3 is 1.72 bits per heavy atom. The molecule has 0 atom stereocenters. The van der Waals surface area contributed by atoms with Crippen LogP contribution in [0.15, 0.2) is 158 Å². The molecule has 0 N–H and O–H groups in total. The Morgan fingerprint density at radius 1 is 0.489 bits per heavy atom. The molecule has 3 heterocycles. The molecule has 0 unspecified atom stereocenters. The van der Waals surface area contributed by atoms with Crippen molar-refractivity contribution in [2.75, 3.05) is 4.90 Å². The minimum Gasteiger partial charge on any atom is -0.294 e. The van der Waals surface area contributed by atoms with Crippen molar-refractivity contribution in [3.8, 4) is 16.9 Å². The topological polar surface area (TPSA) is 25.4 Å². The first-order valence-corrected chi connectivity index (χ1v) is 15.9. The van der Waals surface area contributed by atoms with Crippen LogP contribution in [0.4, 0.5) is 22.9 Å². The maximum absolute atomic E-state index is 7.60. The molecule has 0 radical (unpaired) electrons. The molecule has 4 nitrogen and oxygen atoms in total. The summed E-state index contributed by atoms with van der Waals surface area (Å²) < 4.78 is 2.22. The second-order valence-electron chi connectivity index (χ2n) is 12.2. The van der Waals surface area contributed by atoms with E-state index >= 15 is 0 Å². The number of nitrogens with zero attached hydrogens (tertiary/aromatic N) is 4. The SMILES string of the molecule is [C-]#[N+]c1ccc2c(c1)c1ccccc1n2-c1cccc(N2c3ccccc3C3(c4ccccc4-c4ccccc43)c3ccccc32)n1. The average Bonchev–Trinajstić information content (AvgIpc) is 3.63. The van der Waals surface area contributed by atoms with Gasteiger partial charge in [-0.15, -0.1) is 0 Å². The molecule has 0 amide bonds. The lowest BCUT2D eigenvalue weighted by Crippen LogP contribution is -2.36. The first kappa shape index (κ1) is 25.8. The van der Waals surface area contributed by atoms with Gasteiger partial charge in [0.15, 0.2) is 5.69 Å². The van der Waals surface area contributed by atoms with Crippen LogP contribution in [-0.2, 0) is 5.41 Å². The van der Waals surface area contributed by atoms with Crippen LogP contribution in [0.25, 0.3) is 43.6 Å². The number of hydrogen-bond acceptors (Lipinski definition) is 2. The Morgan fingerprint density at radius 2 is 1.04 bits per heavy atom. The summed E-state index contributed by atoms with van der Waals surface area (Å²) >= 11 is 0. The smallest absolute Gasteiger partial charge is 0.188 e. The van der Waals surface area contributed by atoms with Gasteiger partial charge in [0.1, 0.15) is 11.6 Å². The van der Waals surface area contributed by atoms with Gasteiger partial charge < -0.3 is 0 Å². The first-order valence-electron chi connectivity index (χ1n) is 15.9. The molecule has 2 aliphatic rings. The molecule has 10 rings (SSSR count). The Labute approximate surface area is 272 Å². The number of aromatic nitrogens is 2. The molecule has 1 aliphatic carbocycles. The largest absolute Gasteiger partial charge is 0.294 e. The van der Waals surface area contributed by atoms with E-state index in [4.69, 9.17) is 11.6 Å². The third-order valence-electron chi connectivity index (χ3n) is 10.0. The van der Waals surface area contributed by atoms with E-state index in [9.17, 15) is 0 Å². The van der Waals surface area contributed by atoms with E-state index in [1.165, 1.54) is 33.4 Å². The molecule has 4 heteroatoms. The van der Waals surface area contributed by atoms with Crippen molar-refractivity contribution < 1.29 is 0 Å². The summed E-state index contributed by atoms with van der Waals surface area (Å²) in [5, 5.41) is 2.16. The molecule has 8 aromatic rings. The number of benzene rings is 6. The van der Waals surface area contributed by atoms with Gasteiger partial charge in [-0.25, -0.2) is 9.83 Å². The van der Waals surface area contributed by atoms with Crippen molar-refractivity contribution in [3.05, 3.63) is 191 Å². The van der Waals surface area contributed by atoms with E-state index in [-0.39, 0.29) is 0 Å². The molecule has 0 saturated heterocycles. The molecular weight excluding hydrogens is 573 g/mol. The van der Waals surface area contributed by atoms with Gasteiger partial charge in [0.25, 0.3) is 0 Å². The van der Waals surface area contributed by atoms with Crippen LogP contribution in [0, 0.1) is 6.57 Å². The van der Waals surface area contributed by atoms with Crippen LogP contribution < -0.4 is 4.90 Å². The van der Waals surface area contributed by atoms with Crippen LogP contribution in [0.1, 0.15) is 22.3 Å². The van der Waals surface area contributed by atoms with Gasteiger partial charge in [0, 0.05) is 5.39 Å². The summed E-state index contributed by atoms with van der Waals surface area (Å²) in [7, 11) is 0. The van der Waals surface area contributed by atoms with Crippen LogP contribution in [0.2, 0.25) is 0 Å². The Bertz CT molecular complexity index is 2530. The summed E-state index contributed by atoms with van der Waals surface area (Å²) in [5.74, 6) is 1.68. The summed E-state index contributed by atoms with van der Waals surface area (Å²) in [6.07, 6.45) is 0. The van der Waals surface area contributed by atoms with E-state index in [0.717, 1.165) is 44.8 Å². The number of fused-ring (bicyclic) bond motifs is 12. The van der Waals surface area contributed by atoms with Gasteiger partial charge in [0.05, 0.1) is 34.4 Å². The maximum atomic E-state index is 7.60. The fourth-order valence-electron chi connectivity index (χ4n) is 8.25. The lowest BCUT2D eigenvalue weighted by atomic mass is 9.65. The summed E-state index contributed by atoms with van der Waals surface area (Å²) in [4.78, 5) is 11.4. The predicted octanol–water partition coefficient (Wildman–Crippen LogP) is 10.9. The molecule has 0 saturated carbocycles. The van der Waals surface area contributed by atoms with Gasteiger partial charge in [-0.1, -0.05) is 115 Å². The number of rotatable bonds is 2. The van der Waals surface area contributed by atoms with E-state index in [1.54, 1.807) is 0 Å². The second-order valence-corrected chi connectivity index (χ2v) is 12.2. The number of pyridine rings is 1. The van der Waals surface area contributed by atoms with Crippen molar-refractivity contribution in [1.29, 1.82) is 0 Å². The Kier molecular flexibility index (Phi) is 5.24. The van der Waals surface area contributed by atoms with Crippen LogP contribution in [-0.4, -0.2) is 9.55 Å². The highest BCUT2D eigenvalue weighted by Gasteiger charge is 2.51. The quantitative estimate of drug-likeness (QED) is 0.185. The van der Waals surface area contributed by atoms with Gasteiger partial charge in [-0.3, -0.25) is 9.47 Å². The zero-order valence-electron chi connectivity index (χ0n) is 25.3. The molecule has 6 aromatic carbocycles. The minimum absolute atomic E-state index is 0.456. The molecule has 2 aromatic heterocycles. The average molecular weight is 599 g/mol. The first-order chi connectivity index (χ1) is 23.3. The van der Waals surface area contributed by atoms with Crippen molar-refractivity contribution >= 4 is 44.7 Å². The van der Waals surface area contributed by atoms with Crippen molar-refractivity contribution in [1.82, 2.24) is 9.55 Å². The normalized spacial score (nSPS) is 13.6. The molecule has 0 fully saturated rings. The van der Waals surface area contributed by atoms with Crippen LogP contribution >= 0.6 is 0 Å². The lowest BCUT2D eigenvalue weighted by molar-refractivity contribution is 0.751. The molecule has 1 spiro atoms. The second kappa shape index (κ2) is 9.53. The van der Waals surface area contributed by atoms with Crippen molar-refractivity contribution in [3.63, 3.8) is 0 Å². The summed E-state index contributed by atoms with van der Waals surface area (Å²) in [6.45, 7) is 7.60. The minimum atomic E-state index is -0.456. The van der Waals surface area contributed by atoms with Crippen LogP contribution in [0.5, 0.6) is 0 Å². The third-order valence-corrected chi connectivity index (χ3v) is 10.0. The summed E-state index contributed by atoms with van der Waals surface area (Å²) in [6, 6.07) is 56.0. The zero-order chi connectivity index (χ0) is 31.1. The fourth-order valence-corrected chi connectivity index (χ4v) is 8.25. The Hall–Kier alpha value is -6.44. The standard InChI is InChI=1S/C43H26N4/c1-44-28-25-26-38-32(27-28)31-15-4-9-20-37(31)46(38)41-23-12-24-42(45-41)47-39-21-10-7-18-35(39)43(36-19-8-11-22-40(36)47)33-16-5-2-13-29(33)30-14-3-6-17-34(30)43/h2-27H. The van der Waals surface area contributed by atoms with Crippen molar-refractivity contribution in [2.45, 2.75) is 5.41 Å². The highest BCUT2D eigenvalue weighted by Crippen LogP contribution is 2.63. The highest BCUT2D eigenvalue weighted by molar-refractivity contribution is 6.10. The predicted molar refractivity (Wildman–Crippen MR) is 190 cm³/mol. The lowest BCUT2D eigenvalue weighted by Gasteiger charge is -2.44. The highest BCUT2D eigenvalue weighted by atomic mass is 15.2. The monoisotopic (exact) mass is 598 g/mol. The fraction of sp³-hybridized carbons (Fsp3) is 0.0233. The van der Waals surface area contributed by atoms with E-state index in [2.05, 4.69) is 154 Å². The van der Waals surface area contributed by atoms with Crippen molar-refractivity contribution in [2.24, 2.45) is 0 Å². The molecule has 47 heavy (non-hydrogen) atoms. The molecule has 218 valence electrons. The van der Waals surface area contributed by atoms with Crippen LogP contribution in [0.3, 0.4) is 0 Å². The maximum Gasteiger partial charge on any atom is 0.188 e. The Balaban J connectivity index is 1.24. The summed E-state index contributed by atoms with van der Waals surface area (Å²) in [5.41, 5.74) is 12.2. The van der Waals surface area contributed by atoms with Gasteiger partial charge in [-0.2, -0.15) is 0 Å². The molecular formula is C43H26N4. The zero-order valence-corrected chi connectivity index (χ0v) is 25.3.